The lowest BCUT2D eigenvalue weighted by Gasteiger charge is -2.21. The Morgan fingerprint density at radius 2 is 1.77 bits per heavy atom. The van der Waals surface area contributed by atoms with Gasteiger partial charge in [-0.2, -0.15) is 15.4 Å². The van der Waals surface area contributed by atoms with Gasteiger partial charge in [0.25, 0.3) is 5.91 Å². The Morgan fingerprint density at radius 1 is 1.03 bits per heavy atom. The highest BCUT2D eigenvalue weighted by molar-refractivity contribution is 5.97. The number of nitrogens with one attached hydrogen (secondary N) is 1. The van der Waals surface area contributed by atoms with Gasteiger partial charge in [0.05, 0.1) is 5.69 Å². The molecule has 1 aromatic carbocycles. The van der Waals surface area contributed by atoms with Gasteiger partial charge in [-0.25, -0.2) is 4.79 Å². The van der Waals surface area contributed by atoms with Crippen molar-refractivity contribution in [3.63, 3.8) is 0 Å². The Bertz CT molecular complexity index is 1080. The molecule has 2 aliphatic heterocycles. The SMILES string of the molecule is Cc1ccc(COC(=O)N2CC3CN(C(=O)c4ccc5n[nH]nc5c4)CC3C2)nc1. The number of carbonyl (C=O) groups excluding carboxylic acids is 2. The molecule has 2 amide bonds. The third-order valence-corrected chi connectivity index (χ3v) is 5.91. The molecular weight excluding hydrogens is 384 g/mol. The minimum Gasteiger partial charge on any atom is -0.443 e. The van der Waals surface area contributed by atoms with E-state index < -0.39 is 0 Å². The van der Waals surface area contributed by atoms with Gasteiger partial charge in [-0.05, 0) is 36.8 Å². The van der Waals surface area contributed by atoms with Crippen molar-refractivity contribution < 1.29 is 14.3 Å². The molecule has 0 saturated carbocycles. The molecule has 2 saturated heterocycles. The van der Waals surface area contributed by atoms with Crippen LogP contribution in [0.25, 0.3) is 11.0 Å². The quantitative estimate of drug-likeness (QED) is 0.713. The first-order valence-electron chi connectivity index (χ1n) is 10.00. The summed E-state index contributed by atoms with van der Waals surface area (Å²) in [6.07, 6.45) is 1.44. The lowest BCUT2D eigenvalue weighted by atomic mass is 10.0. The Labute approximate surface area is 173 Å². The van der Waals surface area contributed by atoms with Crippen LogP contribution in [0.1, 0.15) is 21.6 Å². The fourth-order valence-electron chi connectivity index (χ4n) is 4.27. The lowest BCUT2D eigenvalue weighted by Crippen LogP contribution is -2.35. The number of hydrogen-bond donors (Lipinski definition) is 1. The fraction of sp³-hybridized carbons (Fsp3) is 0.381. The monoisotopic (exact) mass is 406 g/mol. The van der Waals surface area contributed by atoms with E-state index in [-0.39, 0.29) is 30.4 Å². The Kier molecular flexibility index (Phi) is 4.57. The number of aromatic amines is 1. The molecule has 4 heterocycles. The van der Waals surface area contributed by atoms with Crippen molar-refractivity contribution in [3.8, 4) is 0 Å². The molecule has 3 aromatic rings. The molecule has 2 aliphatic rings. The van der Waals surface area contributed by atoms with Crippen LogP contribution in [0.15, 0.2) is 36.5 Å². The molecule has 9 heteroatoms. The van der Waals surface area contributed by atoms with Gasteiger partial charge in [0.1, 0.15) is 17.6 Å². The van der Waals surface area contributed by atoms with Crippen LogP contribution in [-0.4, -0.2) is 68.4 Å². The number of benzene rings is 1. The highest BCUT2D eigenvalue weighted by atomic mass is 16.6. The summed E-state index contributed by atoms with van der Waals surface area (Å²) in [6.45, 7) is 4.63. The zero-order valence-corrected chi connectivity index (χ0v) is 16.6. The second-order valence-corrected chi connectivity index (χ2v) is 8.04. The molecular formula is C21H22N6O3. The summed E-state index contributed by atoms with van der Waals surface area (Å²) in [5, 5.41) is 10.6. The summed E-state index contributed by atoms with van der Waals surface area (Å²) in [7, 11) is 0. The average molecular weight is 406 g/mol. The number of amides is 2. The number of hydrogen-bond acceptors (Lipinski definition) is 6. The van der Waals surface area contributed by atoms with E-state index in [2.05, 4.69) is 20.4 Å². The molecule has 9 nitrogen and oxygen atoms in total. The number of likely N-dealkylation sites (tertiary alicyclic amines) is 2. The van der Waals surface area contributed by atoms with Crippen LogP contribution >= 0.6 is 0 Å². The minimum atomic E-state index is -0.318. The number of ether oxygens (including phenoxy) is 1. The van der Waals surface area contributed by atoms with Crippen LogP contribution in [0.5, 0.6) is 0 Å². The number of aryl methyl sites for hydroxylation is 1. The second-order valence-electron chi connectivity index (χ2n) is 8.04. The van der Waals surface area contributed by atoms with E-state index in [1.807, 2.05) is 24.0 Å². The van der Waals surface area contributed by atoms with Crippen molar-refractivity contribution in [1.29, 1.82) is 0 Å². The van der Waals surface area contributed by atoms with Gasteiger partial charge in [-0.15, -0.1) is 0 Å². The number of H-pyrrole nitrogens is 1. The maximum Gasteiger partial charge on any atom is 0.410 e. The van der Waals surface area contributed by atoms with Crippen LogP contribution in [0.2, 0.25) is 0 Å². The smallest absolute Gasteiger partial charge is 0.410 e. The average Bonchev–Trinajstić information content (AvgIpc) is 3.46. The molecule has 30 heavy (non-hydrogen) atoms. The Balaban J connectivity index is 1.16. The first-order chi connectivity index (χ1) is 14.6. The molecule has 0 radical (unpaired) electrons. The van der Waals surface area contributed by atoms with Gasteiger partial charge in [-0.3, -0.25) is 9.78 Å². The molecule has 0 bridgehead atoms. The molecule has 2 aromatic heterocycles. The summed E-state index contributed by atoms with van der Waals surface area (Å²) >= 11 is 0. The maximum atomic E-state index is 12.9. The standard InChI is InChI=1S/C21H22N6O3/c1-13-2-4-17(22-7-13)12-30-21(29)27-10-15-8-26(9-16(15)11-27)20(28)14-3-5-18-19(6-14)24-25-23-18/h2-7,15-16H,8-12H2,1H3,(H,23,24,25). The molecule has 154 valence electrons. The maximum absolute atomic E-state index is 12.9. The summed E-state index contributed by atoms with van der Waals surface area (Å²) in [4.78, 5) is 33.2. The number of rotatable bonds is 3. The molecule has 5 rings (SSSR count). The number of pyridine rings is 1. The van der Waals surface area contributed by atoms with Gasteiger partial charge < -0.3 is 14.5 Å². The largest absolute Gasteiger partial charge is 0.443 e. The van der Waals surface area contributed by atoms with Crippen molar-refractivity contribution in [2.45, 2.75) is 13.5 Å². The van der Waals surface area contributed by atoms with E-state index in [0.717, 1.165) is 16.8 Å². The van der Waals surface area contributed by atoms with Gasteiger partial charge >= 0.3 is 6.09 Å². The summed E-state index contributed by atoms with van der Waals surface area (Å²) in [6, 6.07) is 9.15. The van der Waals surface area contributed by atoms with E-state index in [1.54, 1.807) is 29.3 Å². The molecule has 2 unspecified atom stereocenters. The van der Waals surface area contributed by atoms with Gasteiger partial charge in [-0.1, -0.05) is 6.07 Å². The highest BCUT2D eigenvalue weighted by Crippen LogP contribution is 2.32. The van der Waals surface area contributed by atoms with Gasteiger partial charge in [0.15, 0.2) is 0 Å². The summed E-state index contributed by atoms with van der Waals surface area (Å²) in [5.41, 5.74) is 3.82. The molecule has 1 N–H and O–H groups in total. The van der Waals surface area contributed by atoms with E-state index in [0.29, 0.717) is 37.3 Å². The van der Waals surface area contributed by atoms with E-state index in [4.69, 9.17) is 4.74 Å². The van der Waals surface area contributed by atoms with Crippen molar-refractivity contribution in [2.24, 2.45) is 11.8 Å². The number of fused-ring (bicyclic) bond motifs is 2. The van der Waals surface area contributed by atoms with Crippen LogP contribution < -0.4 is 0 Å². The normalized spacial score (nSPS) is 20.6. The third-order valence-electron chi connectivity index (χ3n) is 5.91. The van der Waals surface area contributed by atoms with E-state index >= 15 is 0 Å². The van der Waals surface area contributed by atoms with Crippen LogP contribution in [0, 0.1) is 18.8 Å². The van der Waals surface area contributed by atoms with Crippen LogP contribution in [-0.2, 0) is 11.3 Å². The van der Waals surface area contributed by atoms with Crippen molar-refractivity contribution >= 4 is 23.0 Å². The molecule has 2 atom stereocenters. The number of nitrogens with zero attached hydrogens (tertiary/aromatic N) is 5. The third kappa shape index (κ3) is 3.47. The number of carbonyl (C=O) groups is 2. The van der Waals surface area contributed by atoms with Crippen LogP contribution in [0.3, 0.4) is 0 Å². The van der Waals surface area contributed by atoms with Gasteiger partial charge in [0, 0.05) is 49.8 Å². The fourth-order valence-corrected chi connectivity index (χ4v) is 4.27. The summed E-state index contributed by atoms with van der Waals surface area (Å²) in [5.74, 6) is 0.540. The molecule has 0 aliphatic carbocycles. The predicted molar refractivity (Wildman–Crippen MR) is 108 cm³/mol. The second kappa shape index (κ2) is 7.40. The minimum absolute atomic E-state index is 0.00567. The summed E-state index contributed by atoms with van der Waals surface area (Å²) < 4.78 is 5.42. The Hall–Kier alpha value is -3.49. The first kappa shape index (κ1) is 18.5. The zero-order chi connectivity index (χ0) is 20.7. The predicted octanol–water partition coefficient (Wildman–Crippen LogP) is 2.00. The van der Waals surface area contributed by atoms with Crippen molar-refractivity contribution in [3.05, 3.63) is 53.3 Å². The van der Waals surface area contributed by atoms with E-state index in [9.17, 15) is 9.59 Å². The zero-order valence-electron chi connectivity index (χ0n) is 16.6. The van der Waals surface area contributed by atoms with Crippen molar-refractivity contribution in [2.75, 3.05) is 26.2 Å². The number of aromatic nitrogens is 4. The van der Waals surface area contributed by atoms with Crippen LogP contribution in [0.4, 0.5) is 4.79 Å². The Morgan fingerprint density at radius 3 is 2.50 bits per heavy atom. The van der Waals surface area contributed by atoms with E-state index in [1.165, 1.54) is 0 Å². The molecule has 2 fully saturated rings. The topological polar surface area (TPSA) is 104 Å². The first-order valence-corrected chi connectivity index (χ1v) is 10.00. The van der Waals surface area contributed by atoms with Crippen molar-refractivity contribution in [1.82, 2.24) is 30.2 Å². The highest BCUT2D eigenvalue weighted by Gasteiger charge is 2.43. The van der Waals surface area contributed by atoms with Gasteiger partial charge in [0.2, 0.25) is 0 Å². The molecule has 0 spiro atoms. The lowest BCUT2D eigenvalue weighted by molar-refractivity contribution is 0.0764.